The second kappa shape index (κ2) is 5.25. The Morgan fingerprint density at radius 2 is 1.67 bits per heavy atom. The molecule has 0 aromatic heterocycles. The first-order valence-electron chi connectivity index (χ1n) is 7.16. The van der Waals surface area contributed by atoms with Crippen LogP contribution in [0.5, 0.6) is 0 Å². The molecule has 1 aromatic carbocycles. The van der Waals surface area contributed by atoms with Crippen LogP contribution in [0.15, 0.2) is 24.3 Å². The summed E-state index contributed by atoms with van der Waals surface area (Å²) in [5, 5.41) is 0.170. The number of hydrogen-bond donors (Lipinski definition) is 0. The van der Waals surface area contributed by atoms with Crippen molar-refractivity contribution in [3.05, 3.63) is 35.4 Å². The van der Waals surface area contributed by atoms with Gasteiger partial charge in [-0.25, -0.2) is 0 Å². The third-order valence-electron chi connectivity index (χ3n) is 4.61. The van der Waals surface area contributed by atoms with Gasteiger partial charge in [-0.15, -0.1) is 11.6 Å². The average molecular weight is 265 g/mol. The highest BCUT2D eigenvalue weighted by Crippen LogP contribution is 2.51. The molecule has 1 aliphatic carbocycles. The maximum atomic E-state index is 6.73. The van der Waals surface area contributed by atoms with Crippen molar-refractivity contribution < 1.29 is 0 Å². The SMILES string of the molecule is CC(C)c1ccc(C(Cl)C2CCCC2(C)C)cc1. The minimum Gasteiger partial charge on any atom is -0.118 e. The molecule has 1 aliphatic rings. The lowest BCUT2D eigenvalue weighted by atomic mass is 9.78. The summed E-state index contributed by atoms with van der Waals surface area (Å²) in [5.41, 5.74) is 3.08. The molecule has 2 unspecified atom stereocenters. The second-order valence-corrected chi connectivity index (χ2v) is 7.18. The first kappa shape index (κ1) is 13.9. The van der Waals surface area contributed by atoms with E-state index in [2.05, 4.69) is 52.0 Å². The number of rotatable bonds is 3. The van der Waals surface area contributed by atoms with E-state index in [4.69, 9.17) is 11.6 Å². The fraction of sp³-hybridized carbons (Fsp3) is 0.647. The summed E-state index contributed by atoms with van der Waals surface area (Å²) in [5.74, 6) is 1.21. The van der Waals surface area contributed by atoms with Gasteiger partial charge in [0.25, 0.3) is 0 Å². The summed E-state index contributed by atoms with van der Waals surface area (Å²) < 4.78 is 0. The molecule has 1 aromatic rings. The molecular formula is C17H25Cl. The largest absolute Gasteiger partial charge is 0.118 e. The van der Waals surface area contributed by atoms with E-state index in [1.165, 1.54) is 30.4 Å². The van der Waals surface area contributed by atoms with Crippen molar-refractivity contribution in [3.8, 4) is 0 Å². The predicted octanol–water partition coefficient (Wildman–Crippen LogP) is 5.92. The molecule has 100 valence electrons. The quantitative estimate of drug-likeness (QED) is 0.595. The Balaban J connectivity index is 2.16. The third-order valence-corrected chi connectivity index (χ3v) is 5.17. The van der Waals surface area contributed by atoms with Crippen molar-refractivity contribution in [2.75, 3.05) is 0 Å². The van der Waals surface area contributed by atoms with Gasteiger partial charge in [-0.1, -0.05) is 58.4 Å². The number of hydrogen-bond acceptors (Lipinski definition) is 0. The van der Waals surface area contributed by atoms with Crippen molar-refractivity contribution in [3.63, 3.8) is 0 Å². The first-order chi connectivity index (χ1) is 8.42. The van der Waals surface area contributed by atoms with Gasteiger partial charge in [0, 0.05) is 0 Å². The molecule has 0 radical (unpaired) electrons. The molecule has 2 atom stereocenters. The van der Waals surface area contributed by atoms with Crippen LogP contribution in [0.2, 0.25) is 0 Å². The van der Waals surface area contributed by atoms with E-state index >= 15 is 0 Å². The van der Waals surface area contributed by atoms with Crippen LogP contribution < -0.4 is 0 Å². The molecule has 0 nitrogen and oxygen atoms in total. The van der Waals surface area contributed by atoms with E-state index in [0.29, 0.717) is 17.3 Å². The lowest BCUT2D eigenvalue weighted by molar-refractivity contribution is 0.252. The molecular weight excluding hydrogens is 240 g/mol. The van der Waals surface area contributed by atoms with Crippen molar-refractivity contribution in [1.82, 2.24) is 0 Å². The van der Waals surface area contributed by atoms with Crippen LogP contribution in [0.4, 0.5) is 0 Å². The van der Waals surface area contributed by atoms with Gasteiger partial charge in [-0.2, -0.15) is 0 Å². The van der Waals surface area contributed by atoms with Crippen LogP contribution in [-0.2, 0) is 0 Å². The summed E-state index contributed by atoms with van der Waals surface area (Å²) in [7, 11) is 0. The molecule has 0 amide bonds. The zero-order valence-corrected chi connectivity index (χ0v) is 12.8. The Morgan fingerprint density at radius 1 is 1.11 bits per heavy atom. The van der Waals surface area contributed by atoms with Crippen LogP contribution in [0.1, 0.15) is 69.4 Å². The molecule has 1 heteroatoms. The Morgan fingerprint density at radius 3 is 2.11 bits per heavy atom. The number of alkyl halides is 1. The Bertz CT molecular complexity index is 389. The van der Waals surface area contributed by atoms with Crippen LogP contribution >= 0.6 is 11.6 Å². The zero-order chi connectivity index (χ0) is 13.3. The monoisotopic (exact) mass is 264 g/mol. The molecule has 0 saturated heterocycles. The molecule has 1 fully saturated rings. The highest BCUT2D eigenvalue weighted by molar-refractivity contribution is 6.21. The molecule has 18 heavy (non-hydrogen) atoms. The molecule has 0 N–H and O–H groups in total. The molecule has 0 aliphatic heterocycles. The van der Waals surface area contributed by atoms with E-state index in [-0.39, 0.29) is 5.38 Å². The molecule has 0 heterocycles. The van der Waals surface area contributed by atoms with Gasteiger partial charge < -0.3 is 0 Å². The smallest absolute Gasteiger partial charge is 0.0618 e. The summed E-state index contributed by atoms with van der Waals surface area (Å²) in [6, 6.07) is 8.91. The summed E-state index contributed by atoms with van der Waals surface area (Å²) in [4.78, 5) is 0. The van der Waals surface area contributed by atoms with E-state index < -0.39 is 0 Å². The van der Waals surface area contributed by atoms with Crippen LogP contribution in [0.3, 0.4) is 0 Å². The van der Waals surface area contributed by atoms with Crippen molar-refractivity contribution in [1.29, 1.82) is 0 Å². The standard InChI is InChI=1S/C17H25Cl/c1-12(2)13-7-9-14(10-8-13)16(18)15-6-5-11-17(15,3)4/h7-10,12,15-16H,5-6,11H2,1-4H3. The van der Waals surface area contributed by atoms with E-state index in [1.54, 1.807) is 0 Å². The van der Waals surface area contributed by atoms with E-state index in [0.717, 1.165) is 0 Å². The van der Waals surface area contributed by atoms with Gasteiger partial charge in [0.15, 0.2) is 0 Å². The summed E-state index contributed by atoms with van der Waals surface area (Å²) in [6.45, 7) is 9.19. The Labute approximate surface area is 117 Å². The van der Waals surface area contributed by atoms with Gasteiger partial charge >= 0.3 is 0 Å². The minimum atomic E-state index is 0.170. The highest BCUT2D eigenvalue weighted by Gasteiger charge is 2.39. The molecule has 0 bridgehead atoms. The number of benzene rings is 1. The third kappa shape index (κ3) is 2.74. The van der Waals surface area contributed by atoms with Crippen molar-refractivity contribution in [2.24, 2.45) is 11.3 Å². The topological polar surface area (TPSA) is 0 Å². The van der Waals surface area contributed by atoms with Gasteiger partial charge in [-0.05, 0) is 41.2 Å². The van der Waals surface area contributed by atoms with E-state index in [9.17, 15) is 0 Å². The summed E-state index contributed by atoms with van der Waals surface area (Å²) >= 11 is 6.73. The molecule has 2 rings (SSSR count). The molecule has 0 spiro atoms. The lowest BCUT2D eigenvalue weighted by Crippen LogP contribution is -2.21. The van der Waals surface area contributed by atoms with Crippen molar-refractivity contribution >= 4 is 11.6 Å². The highest BCUT2D eigenvalue weighted by atomic mass is 35.5. The fourth-order valence-corrected chi connectivity index (χ4v) is 3.81. The average Bonchev–Trinajstić information content (AvgIpc) is 2.68. The fourth-order valence-electron chi connectivity index (χ4n) is 3.19. The van der Waals surface area contributed by atoms with Gasteiger partial charge in [0.1, 0.15) is 0 Å². The maximum Gasteiger partial charge on any atom is 0.0618 e. The summed E-state index contributed by atoms with van der Waals surface area (Å²) in [6.07, 6.45) is 3.91. The predicted molar refractivity (Wildman–Crippen MR) is 80.2 cm³/mol. The zero-order valence-electron chi connectivity index (χ0n) is 12.0. The minimum absolute atomic E-state index is 0.170. The van der Waals surface area contributed by atoms with Crippen LogP contribution in [-0.4, -0.2) is 0 Å². The number of halogens is 1. The van der Waals surface area contributed by atoms with Crippen LogP contribution in [0.25, 0.3) is 0 Å². The second-order valence-electron chi connectivity index (χ2n) is 6.71. The van der Waals surface area contributed by atoms with E-state index in [1.807, 2.05) is 0 Å². The first-order valence-corrected chi connectivity index (χ1v) is 7.59. The van der Waals surface area contributed by atoms with Crippen molar-refractivity contribution in [2.45, 2.75) is 58.3 Å². The molecule has 1 saturated carbocycles. The van der Waals surface area contributed by atoms with Gasteiger partial charge in [0.2, 0.25) is 0 Å². The maximum absolute atomic E-state index is 6.73. The normalized spacial score (nSPS) is 24.4. The lowest BCUT2D eigenvalue weighted by Gasteiger charge is -2.31. The Kier molecular flexibility index (Phi) is 4.06. The Hall–Kier alpha value is -0.490. The van der Waals surface area contributed by atoms with Gasteiger partial charge in [-0.3, -0.25) is 0 Å². The van der Waals surface area contributed by atoms with Gasteiger partial charge in [0.05, 0.1) is 5.38 Å². The van der Waals surface area contributed by atoms with Crippen LogP contribution in [0, 0.1) is 11.3 Å².